The lowest BCUT2D eigenvalue weighted by molar-refractivity contribution is -0.161. The molecule has 4 N–H and O–H groups in total. The Morgan fingerprint density at radius 1 is 0.625 bits per heavy atom. The molecule has 12 heteroatoms. The molecule has 11 nitrogen and oxygen atoms in total. The molecular weight excluding hydrogens is 735 g/mol. The predicted octanol–water partition coefficient (Wildman–Crippen LogP) is 9.63. The Labute approximate surface area is 337 Å². The first-order valence-electron chi connectivity index (χ1n) is 20.7. The average molecular weight is 809 g/mol. The summed E-state index contributed by atoms with van der Waals surface area (Å²) in [6.07, 6.45) is 41.5. The van der Waals surface area contributed by atoms with Crippen LogP contribution in [0.25, 0.3) is 0 Å². The fraction of sp³-hybridized carbons (Fsp3) is 0.636. The number of allylic oxidation sites excluding steroid dienone is 12. The van der Waals surface area contributed by atoms with Gasteiger partial charge in [-0.25, -0.2) is 4.57 Å². The molecule has 0 radical (unpaired) electrons. The first-order chi connectivity index (χ1) is 27.1. The minimum atomic E-state index is -4.66. The number of phosphoric ester groups is 1. The second kappa shape index (κ2) is 39.0. The highest BCUT2D eigenvalue weighted by molar-refractivity contribution is 7.47. The molecule has 0 bridgehead atoms. The van der Waals surface area contributed by atoms with Crippen LogP contribution in [-0.2, 0) is 32.7 Å². The highest BCUT2D eigenvalue weighted by Gasteiger charge is 2.27. The van der Waals surface area contributed by atoms with Gasteiger partial charge in [0.25, 0.3) is 0 Å². The number of rotatable bonds is 37. The molecule has 0 saturated carbocycles. The number of carbonyl (C=O) groups excluding carboxylic acids is 2. The number of aliphatic hydroxyl groups is 3. The molecule has 0 fully saturated rings. The van der Waals surface area contributed by atoms with Crippen molar-refractivity contribution in [3.63, 3.8) is 0 Å². The van der Waals surface area contributed by atoms with Crippen molar-refractivity contribution in [2.75, 3.05) is 26.4 Å². The van der Waals surface area contributed by atoms with Gasteiger partial charge in [-0.15, -0.1) is 0 Å². The number of unbranched alkanes of at least 4 members (excludes halogenated alkanes) is 9. The van der Waals surface area contributed by atoms with Crippen LogP contribution < -0.4 is 0 Å². The lowest BCUT2D eigenvalue weighted by atomic mass is 10.1. The van der Waals surface area contributed by atoms with Gasteiger partial charge in [0.1, 0.15) is 12.7 Å². The zero-order valence-corrected chi connectivity index (χ0v) is 35.1. The van der Waals surface area contributed by atoms with E-state index >= 15 is 0 Å². The van der Waals surface area contributed by atoms with Crippen molar-refractivity contribution in [3.05, 3.63) is 85.1 Å². The van der Waals surface area contributed by atoms with Crippen molar-refractivity contribution in [1.82, 2.24) is 0 Å². The summed E-state index contributed by atoms with van der Waals surface area (Å²) in [5, 5.41) is 28.3. The van der Waals surface area contributed by atoms with Crippen molar-refractivity contribution in [1.29, 1.82) is 0 Å². The van der Waals surface area contributed by atoms with Gasteiger partial charge in [0.05, 0.1) is 25.9 Å². The molecule has 0 saturated heterocycles. The van der Waals surface area contributed by atoms with Gasteiger partial charge in [-0.2, -0.15) is 0 Å². The molecule has 0 heterocycles. The molecule has 0 aromatic rings. The summed E-state index contributed by atoms with van der Waals surface area (Å²) >= 11 is 0. The molecule has 0 spiro atoms. The molecule has 0 rings (SSSR count). The number of aliphatic hydroxyl groups excluding tert-OH is 3. The Balaban J connectivity index is 4.54. The zero-order valence-electron chi connectivity index (χ0n) is 34.2. The lowest BCUT2D eigenvalue weighted by Gasteiger charge is -2.20. The molecule has 0 amide bonds. The molecule has 0 aliphatic carbocycles. The smallest absolute Gasteiger partial charge is 0.462 e. The van der Waals surface area contributed by atoms with E-state index in [2.05, 4.69) is 54.8 Å². The molecule has 320 valence electrons. The van der Waals surface area contributed by atoms with Gasteiger partial charge in [-0.05, 0) is 77.0 Å². The fourth-order valence-electron chi connectivity index (χ4n) is 4.91. The summed E-state index contributed by atoms with van der Waals surface area (Å²) in [5.74, 6) is -1.06. The summed E-state index contributed by atoms with van der Waals surface area (Å²) in [4.78, 5) is 34.9. The second-order valence-electron chi connectivity index (χ2n) is 13.5. The monoisotopic (exact) mass is 808 g/mol. The van der Waals surface area contributed by atoms with Crippen molar-refractivity contribution >= 4 is 19.8 Å². The van der Waals surface area contributed by atoms with Gasteiger partial charge in [0.15, 0.2) is 6.10 Å². The maximum absolute atomic E-state index is 12.6. The van der Waals surface area contributed by atoms with E-state index in [0.717, 1.165) is 57.8 Å². The Kier molecular flexibility index (Phi) is 36.9. The highest BCUT2D eigenvalue weighted by atomic mass is 31.2. The summed E-state index contributed by atoms with van der Waals surface area (Å²) in [6.45, 7) is 2.03. The molecule has 0 aliphatic heterocycles. The van der Waals surface area contributed by atoms with Gasteiger partial charge in [-0.3, -0.25) is 18.6 Å². The highest BCUT2D eigenvalue weighted by Crippen LogP contribution is 2.43. The topological polar surface area (TPSA) is 169 Å². The number of hydrogen-bond donors (Lipinski definition) is 4. The first-order valence-corrected chi connectivity index (χ1v) is 22.1. The number of esters is 2. The zero-order chi connectivity index (χ0) is 41.4. The fourth-order valence-corrected chi connectivity index (χ4v) is 5.70. The summed E-state index contributed by atoms with van der Waals surface area (Å²) in [5.41, 5.74) is 0. The largest absolute Gasteiger partial charge is 0.472 e. The van der Waals surface area contributed by atoms with E-state index in [1.54, 1.807) is 6.08 Å². The van der Waals surface area contributed by atoms with E-state index < -0.39 is 57.9 Å². The Bertz CT molecular complexity index is 1220. The van der Waals surface area contributed by atoms with E-state index in [9.17, 15) is 29.3 Å². The number of hydrogen-bond acceptors (Lipinski definition) is 10. The molecule has 4 atom stereocenters. The summed E-state index contributed by atoms with van der Waals surface area (Å²) in [6, 6.07) is 0. The molecule has 0 aliphatic rings. The number of phosphoric acid groups is 1. The number of carbonyl (C=O) groups is 2. The minimum Gasteiger partial charge on any atom is -0.462 e. The first kappa shape index (κ1) is 53.1. The Hall–Kier alpha value is -2.89. The van der Waals surface area contributed by atoms with Gasteiger partial charge in [0.2, 0.25) is 0 Å². The normalized spacial score (nSPS) is 15.3. The standard InChI is InChI=1S/C44H73O11P/c1-3-5-7-9-11-12-13-14-15-16-17-18-22-26-30-34-43(48)52-38-42(39-54-56(50,51)53-37-41(47)36-45)55-44(49)35-31-27-23-20-19-21-25-29-33-40(46)32-28-24-10-8-6-4-2/h6,8,11-12,14-15,20-21,23-25,28-29,33,40-42,45-47H,3-5,7,9-10,13,16-19,22,26-27,30-32,34-39H2,1-2H3,(H,50,51)/b8-6-,12-11-,15-14-,23-20-,25-21-,28-24-,33-29+/t40?,41-,42+/m0/s1. The van der Waals surface area contributed by atoms with Crippen LogP contribution in [0.15, 0.2) is 85.1 Å². The summed E-state index contributed by atoms with van der Waals surface area (Å²) < 4.78 is 32.5. The van der Waals surface area contributed by atoms with Crippen LogP contribution in [0.2, 0.25) is 0 Å². The van der Waals surface area contributed by atoms with Crippen molar-refractivity contribution in [3.8, 4) is 0 Å². The quantitative estimate of drug-likeness (QED) is 0.0155. The van der Waals surface area contributed by atoms with Crippen LogP contribution in [0.1, 0.15) is 136 Å². The molecule has 0 aromatic heterocycles. The minimum absolute atomic E-state index is 0.0660. The molecule has 2 unspecified atom stereocenters. The van der Waals surface area contributed by atoms with Crippen LogP contribution >= 0.6 is 7.82 Å². The van der Waals surface area contributed by atoms with Crippen molar-refractivity contribution < 1.29 is 52.9 Å². The third kappa shape index (κ3) is 38.0. The predicted molar refractivity (Wildman–Crippen MR) is 225 cm³/mol. The van der Waals surface area contributed by atoms with Crippen LogP contribution in [-0.4, -0.2) is 76.9 Å². The van der Waals surface area contributed by atoms with Crippen LogP contribution in [0.4, 0.5) is 0 Å². The van der Waals surface area contributed by atoms with Crippen LogP contribution in [0.5, 0.6) is 0 Å². The van der Waals surface area contributed by atoms with Crippen molar-refractivity contribution in [2.24, 2.45) is 0 Å². The Morgan fingerprint density at radius 3 is 1.88 bits per heavy atom. The SMILES string of the molecule is CC/C=C\C/C=C\CC(O)/C=C/C=C\C/C=C\CCCC(=O)O[C@H](COC(=O)CCCCCCC/C=C\C/C=C\CCCCC)COP(=O)(O)OC[C@@H](O)CO. The molecule has 56 heavy (non-hydrogen) atoms. The van der Waals surface area contributed by atoms with E-state index in [1.165, 1.54) is 19.3 Å². The van der Waals surface area contributed by atoms with Gasteiger partial charge in [0, 0.05) is 12.8 Å². The lowest BCUT2D eigenvalue weighted by Crippen LogP contribution is -2.29. The third-order valence-corrected chi connectivity index (χ3v) is 9.06. The van der Waals surface area contributed by atoms with Gasteiger partial charge < -0.3 is 29.7 Å². The Morgan fingerprint density at radius 2 is 1.20 bits per heavy atom. The van der Waals surface area contributed by atoms with Crippen LogP contribution in [0, 0.1) is 0 Å². The molecule has 0 aromatic carbocycles. The maximum Gasteiger partial charge on any atom is 0.472 e. The van der Waals surface area contributed by atoms with Crippen molar-refractivity contribution in [2.45, 2.75) is 154 Å². The van der Waals surface area contributed by atoms with E-state index in [0.29, 0.717) is 32.1 Å². The van der Waals surface area contributed by atoms with Gasteiger partial charge >= 0.3 is 19.8 Å². The van der Waals surface area contributed by atoms with Gasteiger partial charge in [-0.1, -0.05) is 131 Å². The molecular formula is C44H73O11P. The van der Waals surface area contributed by atoms with E-state index in [1.807, 2.05) is 42.5 Å². The third-order valence-electron chi connectivity index (χ3n) is 8.11. The van der Waals surface area contributed by atoms with Crippen LogP contribution in [0.3, 0.4) is 0 Å². The average Bonchev–Trinajstić information content (AvgIpc) is 3.18. The van der Waals surface area contributed by atoms with E-state index in [4.69, 9.17) is 19.1 Å². The maximum atomic E-state index is 12.6. The number of ether oxygens (including phenoxy) is 2. The second-order valence-corrected chi connectivity index (χ2v) is 14.9. The van der Waals surface area contributed by atoms with E-state index in [-0.39, 0.29) is 19.4 Å². The summed E-state index contributed by atoms with van der Waals surface area (Å²) in [7, 11) is -4.66.